The predicted molar refractivity (Wildman–Crippen MR) is 126 cm³/mol. The second-order valence-corrected chi connectivity index (χ2v) is 7.95. The number of para-hydroxylation sites is 1. The predicted octanol–water partition coefficient (Wildman–Crippen LogP) is 6.92. The summed E-state index contributed by atoms with van der Waals surface area (Å²) in [5.74, 6) is 1.00. The lowest BCUT2D eigenvalue weighted by molar-refractivity contribution is 0.976. The van der Waals surface area contributed by atoms with E-state index in [0.717, 1.165) is 18.2 Å². The Morgan fingerprint density at radius 2 is 1.37 bits per heavy atom. The van der Waals surface area contributed by atoms with Crippen LogP contribution in [0.25, 0.3) is 11.1 Å². The van der Waals surface area contributed by atoms with Crippen molar-refractivity contribution in [3.05, 3.63) is 102 Å². The molecule has 0 saturated carbocycles. The summed E-state index contributed by atoms with van der Waals surface area (Å²) < 4.78 is 0. The lowest BCUT2D eigenvalue weighted by Gasteiger charge is -2.23. The van der Waals surface area contributed by atoms with Crippen LogP contribution in [-0.4, -0.2) is 11.7 Å². The number of hydrogen-bond acceptors (Lipinski definition) is 3. The van der Waals surface area contributed by atoms with Crippen LogP contribution in [0.1, 0.15) is 16.7 Å². The Hall–Kier alpha value is -3.59. The van der Waals surface area contributed by atoms with E-state index in [9.17, 15) is 0 Å². The molecule has 148 valence electrons. The van der Waals surface area contributed by atoms with Crippen molar-refractivity contribution in [3.63, 3.8) is 0 Å². The van der Waals surface area contributed by atoms with Gasteiger partial charge < -0.3 is 9.80 Å². The highest BCUT2D eigenvalue weighted by Gasteiger charge is 2.29. The average molecular weight is 392 g/mol. The van der Waals surface area contributed by atoms with Gasteiger partial charge in [-0.25, -0.2) is 4.98 Å². The SMILES string of the molecule is Cc1ccccc1N1CN(c2cccc(-c3c(C)cccc3C)c2)c2cccnc21. The molecule has 5 rings (SSSR count). The van der Waals surface area contributed by atoms with Crippen molar-refractivity contribution >= 4 is 22.9 Å². The van der Waals surface area contributed by atoms with E-state index < -0.39 is 0 Å². The number of hydrogen-bond donors (Lipinski definition) is 0. The number of nitrogens with zero attached hydrogens (tertiary/aromatic N) is 3. The van der Waals surface area contributed by atoms with Gasteiger partial charge in [-0.3, -0.25) is 0 Å². The molecule has 1 aromatic heterocycles. The van der Waals surface area contributed by atoms with Gasteiger partial charge in [-0.15, -0.1) is 0 Å². The number of rotatable bonds is 3. The Morgan fingerprint density at radius 1 is 0.667 bits per heavy atom. The van der Waals surface area contributed by atoms with Crippen LogP contribution in [0.15, 0.2) is 85.1 Å². The summed E-state index contributed by atoms with van der Waals surface area (Å²) in [4.78, 5) is 9.38. The molecule has 0 fully saturated rings. The summed E-state index contributed by atoms with van der Waals surface area (Å²) in [7, 11) is 0. The fourth-order valence-corrected chi connectivity index (χ4v) is 4.47. The van der Waals surface area contributed by atoms with Crippen LogP contribution in [0.4, 0.5) is 22.9 Å². The average Bonchev–Trinajstić information content (AvgIpc) is 3.14. The molecule has 0 unspecified atom stereocenters. The molecule has 3 nitrogen and oxygen atoms in total. The van der Waals surface area contributed by atoms with E-state index in [1.807, 2.05) is 12.3 Å². The quantitative estimate of drug-likeness (QED) is 0.378. The Morgan fingerprint density at radius 3 is 2.17 bits per heavy atom. The molecule has 1 aliphatic rings. The van der Waals surface area contributed by atoms with Gasteiger partial charge in [-0.1, -0.05) is 48.5 Å². The molecular formula is C27H25N3. The third-order valence-corrected chi connectivity index (χ3v) is 5.93. The van der Waals surface area contributed by atoms with E-state index in [-0.39, 0.29) is 0 Å². The standard InChI is InChI=1S/C27H25N3/c1-19-9-4-5-14-24(19)30-18-29(25-15-8-16-28-27(25)30)23-13-7-12-22(17-23)26-20(2)10-6-11-21(26)3/h4-17H,18H2,1-3H3. The zero-order valence-corrected chi connectivity index (χ0v) is 17.6. The molecular weight excluding hydrogens is 366 g/mol. The topological polar surface area (TPSA) is 19.4 Å². The van der Waals surface area contributed by atoms with Gasteiger partial charge in [0, 0.05) is 17.6 Å². The maximum absolute atomic E-state index is 4.73. The van der Waals surface area contributed by atoms with Crippen LogP contribution in [-0.2, 0) is 0 Å². The molecule has 0 atom stereocenters. The number of benzene rings is 3. The molecule has 30 heavy (non-hydrogen) atoms. The Bertz CT molecular complexity index is 1210. The largest absolute Gasteiger partial charge is 0.320 e. The third-order valence-electron chi connectivity index (χ3n) is 5.93. The maximum atomic E-state index is 4.73. The minimum absolute atomic E-state index is 0.743. The second kappa shape index (κ2) is 7.34. The highest BCUT2D eigenvalue weighted by Crippen LogP contribution is 2.44. The van der Waals surface area contributed by atoms with Crippen molar-refractivity contribution in [2.45, 2.75) is 20.8 Å². The number of anilines is 4. The van der Waals surface area contributed by atoms with Crippen LogP contribution >= 0.6 is 0 Å². The zero-order chi connectivity index (χ0) is 20.7. The minimum atomic E-state index is 0.743. The fourth-order valence-electron chi connectivity index (χ4n) is 4.47. The zero-order valence-electron chi connectivity index (χ0n) is 17.6. The summed E-state index contributed by atoms with van der Waals surface area (Å²) in [5.41, 5.74) is 9.95. The van der Waals surface area contributed by atoms with Crippen LogP contribution in [0.3, 0.4) is 0 Å². The lowest BCUT2D eigenvalue weighted by atomic mass is 9.95. The number of aromatic nitrogens is 1. The van der Waals surface area contributed by atoms with E-state index in [1.54, 1.807) is 0 Å². The first-order chi connectivity index (χ1) is 14.6. The second-order valence-electron chi connectivity index (χ2n) is 7.95. The van der Waals surface area contributed by atoms with Crippen LogP contribution < -0.4 is 9.80 Å². The van der Waals surface area contributed by atoms with E-state index in [1.165, 1.54) is 39.2 Å². The van der Waals surface area contributed by atoms with Crippen LogP contribution in [0, 0.1) is 20.8 Å². The third kappa shape index (κ3) is 3.03. The molecule has 4 aromatic rings. The number of aryl methyl sites for hydroxylation is 3. The minimum Gasteiger partial charge on any atom is -0.320 e. The highest BCUT2D eigenvalue weighted by molar-refractivity contribution is 5.86. The first-order valence-electron chi connectivity index (χ1n) is 10.4. The highest BCUT2D eigenvalue weighted by atomic mass is 15.4. The Balaban J connectivity index is 1.60. The Labute approximate surface area is 178 Å². The molecule has 1 aliphatic heterocycles. The van der Waals surface area contributed by atoms with Crippen molar-refractivity contribution in [2.24, 2.45) is 0 Å². The first kappa shape index (κ1) is 18.4. The molecule has 0 N–H and O–H groups in total. The summed E-state index contributed by atoms with van der Waals surface area (Å²) in [6, 6.07) is 28.0. The van der Waals surface area contributed by atoms with Gasteiger partial charge in [0.15, 0.2) is 5.82 Å². The first-order valence-corrected chi connectivity index (χ1v) is 10.4. The van der Waals surface area contributed by atoms with Gasteiger partial charge in [0.05, 0.1) is 5.69 Å². The van der Waals surface area contributed by atoms with Crippen molar-refractivity contribution in [2.75, 3.05) is 16.5 Å². The molecule has 0 saturated heterocycles. The summed E-state index contributed by atoms with van der Waals surface area (Å²) >= 11 is 0. The van der Waals surface area contributed by atoms with Crippen molar-refractivity contribution in [1.29, 1.82) is 0 Å². The van der Waals surface area contributed by atoms with Gasteiger partial charge in [0.2, 0.25) is 0 Å². The number of fused-ring (bicyclic) bond motifs is 1. The van der Waals surface area contributed by atoms with Gasteiger partial charge >= 0.3 is 0 Å². The number of pyridine rings is 1. The normalized spacial score (nSPS) is 12.9. The van der Waals surface area contributed by atoms with Crippen LogP contribution in [0.2, 0.25) is 0 Å². The van der Waals surface area contributed by atoms with E-state index in [4.69, 9.17) is 4.98 Å². The molecule has 0 bridgehead atoms. The molecule has 0 spiro atoms. The monoisotopic (exact) mass is 391 g/mol. The van der Waals surface area contributed by atoms with Gasteiger partial charge in [0.25, 0.3) is 0 Å². The molecule has 2 heterocycles. The smallest absolute Gasteiger partial charge is 0.158 e. The fraction of sp³-hybridized carbons (Fsp3) is 0.148. The summed E-state index contributed by atoms with van der Waals surface area (Å²) in [6.07, 6.45) is 1.88. The molecule has 0 aliphatic carbocycles. The molecule has 3 heteroatoms. The molecule has 3 aromatic carbocycles. The van der Waals surface area contributed by atoms with E-state index >= 15 is 0 Å². The van der Waals surface area contributed by atoms with Crippen LogP contribution in [0.5, 0.6) is 0 Å². The van der Waals surface area contributed by atoms with Gasteiger partial charge in [0.1, 0.15) is 6.67 Å². The van der Waals surface area contributed by atoms with Crippen molar-refractivity contribution in [1.82, 2.24) is 4.98 Å². The van der Waals surface area contributed by atoms with E-state index in [0.29, 0.717) is 0 Å². The lowest BCUT2D eigenvalue weighted by Crippen LogP contribution is -2.24. The van der Waals surface area contributed by atoms with Crippen molar-refractivity contribution < 1.29 is 0 Å². The van der Waals surface area contributed by atoms with Crippen molar-refractivity contribution in [3.8, 4) is 11.1 Å². The van der Waals surface area contributed by atoms with Gasteiger partial charge in [-0.2, -0.15) is 0 Å². The summed E-state index contributed by atoms with van der Waals surface area (Å²) in [5, 5.41) is 0. The molecule has 0 radical (unpaired) electrons. The molecule has 0 amide bonds. The maximum Gasteiger partial charge on any atom is 0.158 e. The van der Waals surface area contributed by atoms with E-state index in [2.05, 4.69) is 103 Å². The Kier molecular flexibility index (Phi) is 4.51. The van der Waals surface area contributed by atoms with Gasteiger partial charge in [-0.05, 0) is 78.9 Å². The summed E-state index contributed by atoms with van der Waals surface area (Å²) in [6.45, 7) is 7.27.